The number of hydrogen-bond donors (Lipinski definition) is 0. The molecule has 5 rings (SSSR count). The Hall–Kier alpha value is -3.44. The van der Waals surface area contributed by atoms with Gasteiger partial charge < -0.3 is 0 Å². The van der Waals surface area contributed by atoms with Crippen LogP contribution < -0.4 is 5.56 Å². The largest absolute Gasteiger partial charge is 0.268 e. The molecule has 0 unspecified atom stereocenters. The van der Waals surface area contributed by atoms with Crippen LogP contribution in [0.25, 0.3) is 33.8 Å². The predicted octanol–water partition coefficient (Wildman–Crippen LogP) is 4.35. The Kier molecular flexibility index (Phi) is 3.55. The summed E-state index contributed by atoms with van der Waals surface area (Å²) in [5.41, 5.74) is 2.24. The van der Waals surface area contributed by atoms with E-state index in [1.165, 1.54) is 0 Å². The molecule has 27 heavy (non-hydrogen) atoms. The zero-order valence-corrected chi connectivity index (χ0v) is 14.8. The summed E-state index contributed by atoms with van der Waals surface area (Å²) < 4.78 is 3.48. The van der Waals surface area contributed by atoms with Crippen LogP contribution in [0.5, 0.6) is 0 Å². The molecule has 3 aromatic carbocycles. The molecule has 130 valence electrons. The Balaban J connectivity index is 1.96. The number of para-hydroxylation sites is 1. The topological polar surface area (TPSA) is 52.2 Å². The fraction of sp³-hybridized carbons (Fsp3) is 0. The zero-order chi connectivity index (χ0) is 18.4. The first-order valence-corrected chi connectivity index (χ1v) is 8.82. The molecule has 0 fully saturated rings. The molecule has 0 aliphatic carbocycles. The van der Waals surface area contributed by atoms with Crippen molar-refractivity contribution < 1.29 is 0 Å². The molecular formula is C21H13ClN4O. The predicted molar refractivity (Wildman–Crippen MR) is 107 cm³/mol. The summed E-state index contributed by atoms with van der Waals surface area (Å²) in [6.07, 6.45) is 0. The first kappa shape index (κ1) is 15.8. The van der Waals surface area contributed by atoms with E-state index < -0.39 is 0 Å². The van der Waals surface area contributed by atoms with Crippen LogP contribution in [0.3, 0.4) is 0 Å². The standard InChI is InChI=1S/C21H13ClN4O/c22-15-10-12-16(13-11-15)25-20(27)17-8-4-5-9-18(17)26-19(23-24-21(25)26)14-6-2-1-3-7-14/h1-13H. The van der Waals surface area contributed by atoms with Gasteiger partial charge in [0.2, 0.25) is 5.78 Å². The average molecular weight is 373 g/mol. The fourth-order valence-electron chi connectivity index (χ4n) is 3.30. The minimum Gasteiger partial charge on any atom is -0.268 e. The van der Waals surface area contributed by atoms with Crippen LogP contribution in [0.15, 0.2) is 83.7 Å². The van der Waals surface area contributed by atoms with Crippen molar-refractivity contribution in [1.82, 2.24) is 19.2 Å². The number of rotatable bonds is 2. The van der Waals surface area contributed by atoms with Gasteiger partial charge in [-0.2, -0.15) is 0 Å². The molecular weight excluding hydrogens is 360 g/mol. The van der Waals surface area contributed by atoms with Gasteiger partial charge in [-0.05, 0) is 36.4 Å². The molecule has 6 heteroatoms. The van der Waals surface area contributed by atoms with Crippen LogP contribution in [0, 0.1) is 0 Å². The molecule has 0 saturated carbocycles. The van der Waals surface area contributed by atoms with E-state index in [9.17, 15) is 4.79 Å². The van der Waals surface area contributed by atoms with Gasteiger partial charge in [-0.25, -0.2) is 4.57 Å². The van der Waals surface area contributed by atoms with Crippen LogP contribution in [0.1, 0.15) is 0 Å². The van der Waals surface area contributed by atoms with Crippen molar-refractivity contribution in [3.05, 3.63) is 94.2 Å². The Labute approximate surface area is 159 Å². The number of halogens is 1. The summed E-state index contributed by atoms with van der Waals surface area (Å²) in [6.45, 7) is 0. The zero-order valence-electron chi connectivity index (χ0n) is 14.1. The monoisotopic (exact) mass is 372 g/mol. The smallest absolute Gasteiger partial charge is 0.267 e. The number of hydrogen-bond acceptors (Lipinski definition) is 3. The molecule has 2 aromatic heterocycles. The number of aromatic nitrogens is 4. The first-order chi connectivity index (χ1) is 13.2. The third-order valence-electron chi connectivity index (χ3n) is 4.54. The van der Waals surface area contributed by atoms with E-state index in [0.717, 1.165) is 11.1 Å². The van der Waals surface area contributed by atoms with Crippen molar-refractivity contribution in [3.63, 3.8) is 0 Å². The van der Waals surface area contributed by atoms with Crippen molar-refractivity contribution in [3.8, 4) is 17.1 Å². The summed E-state index contributed by atoms with van der Waals surface area (Å²) in [5.74, 6) is 1.14. The van der Waals surface area contributed by atoms with E-state index in [1.54, 1.807) is 28.8 Å². The van der Waals surface area contributed by atoms with Crippen LogP contribution in [-0.2, 0) is 0 Å². The van der Waals surface area contributed by atoms with Gasteiger partial charge in [0.1, 0.15) is 0 Å². The highest BCUT2D eigenvalue weighted by Crippen LogP contribution is 2.24. The molecule has 0 aliphatic heterocycles. The minimum atomic E-state index is -0.146. The Morgan fingerprint density at radius 2 is 1.48 bits per heavy atom. The van der Waals surface area contributed by atoms with Crippen molar-refractivity contribution in [2.45, 2.75) is 0 Å². The molecule has 0 atom stereocenters. The highest BCUT2D eigenvalue weighted by molar-refractivity contribution is 6.30. The minimum absolute atomic E-state index is 0.146. The third-order valence-corrected chi connectivity index (χ3v) is 4.79. The Bertz CT molecular complexity index is 1340. The molecule has 5 nitrogen and oxygen atoms in total. The maximum Gasteiger partial charge on any atom is 0.267 e. The third kappa shape index (κ3) is 2.44. The van der Waals surface area contributed by atoms with Crippen molar-refractivity contribution in [1.29, 1.82) is 0 Å². The lowest BCUT2D eigenvalue weighted by atomic mass is 10.2. The maximum atomic E-state index is 13.2. The maximum absolute atomic E-state index is 13.2. The van der Waals surface area contributed by atoms with E-state index in [2.05, 4.69) is 10.2 Å². The second-order valence-corrected chi connectivity index (χ2v) is 6.60. The normalized spacial score (nSPS) is 11.3. The summed E-state index contributed by atoms with van der Waals surface area (Å²) in [7, 11) is 0. The van der Waals surface area contributed by atoms with Crippen molar-refractivity contribution >= 4 is 28.3 Å². The van der Waals surface area contributed by atoms with Crippen LogP contribution in [0.2, 0.25) is 5.02 Å². The van der Waals surface area contributed by atoms with Crippen LogP contribution >= 0.6 is 11.6 Å². The highest BCUT2D eigenvalue weighted by atomic mass is 35.5. The van der Waals surface area contributed by atoms with Gasteiger partial charge in [0.25, 0.3) is 5.56 Å². The van der Waals surface area contributed by atoms with Crippen molar-refractivity contribution in [2.75, 3.05) is 0 Å². The summed E-state index contributed by atoms with van der Waals surface area (Å²) in [4.78, 5) is 13.2. The first-order valence-electron chi connectivity index (χ1n) is 8.44. The number of benzene rings is 3. The molecule has 0 spiro atoms. The number of nitrogens with zero attached hydrogens (tertiary/aromatic N) is 4. The van der Waals surface area contributed by atoms with Gasteiger partial charge in [-0.3, -0.25) is 9.20 Å². The molecule has 0 bridgehead atoms. The molecule has 0 N–H and O–H groups in total. The average Bonchev–Trinajstić information content (AvgIpc) is 3.15. The Morgan fingerprint density at radius 1 is 0.778 bits per heavy atom. The number of fused-ring (bicyclic) bond motifs is 3. The lowest BCUT2D eigenvalue weighted by Crippen LogP contribution is -2.21. The van der Waals surface area contributed by atoms with Gasteiger partial charge in [0, 0.05) is 10.6 Å². The van der Waals surface area contributed by atoms with Crippen molar-refractivity contribution in [2.24, 2.45) is 0 Å². The summed E-state index contributed by atoms with van der Waals surface area (Å²) >= 11 is 6.02. The molecule has 0 aliphatic rings. The van der Waals surface area contributed by atoms with Gasteiger partial charge in [-0.15, -0.1) is 10.2 Å². The Morgan fingerprint density at radius 3 is 2.26 bits per heavy atom. The highest BCUT2D eigenvalue weighted by Gasteiger charge is 2.18. The van der Waals surface area contributed by atoms with E-state index in [0.29, 0.717) is 27.7 Å². The lowest BCUT2D eigenvalue weighted by Gasteiger charge is -2.11. The van der Waals surface area contributed by atoms with E-state index in [-0.39, 0.29) is 5.56 Å². The van der Waals surface area contributed by atoms with Crippen LogP contribution in [-0.4, -0.2) is 19.2 Å². The molecule has 2 heterocycles. The molecule has 0 radical (unpaired) electrons. The van der Waals surface area contributed by atoms with E-state index >= 15 is 0 Å². The molecule has 0 saturated heterocycles. The van der Waals surface area contributed by atoms with Gasteiger partial charge in [0.05, 0.1) is 16.6 Å². The quantitative estimate of drug-likeness (QED) is 0.463. The fourth-order valence-corrected chi connectivity index (χ4v) is 3.43. The summed E-state index contributed by atoms with van der Waals surface area (Å²) in [5, 5.41) is 9.94. The summed E-state index contributed by atoms with van der Waals surface area (Å²) in [6, 6.07) is 24.4. The second-order valence-electron chi connectivity index (χ2n) is 6.16. The second kappa shape index (κ2) is 6.07. The molecule has 5 aromatic rings. The molecule has 0 amide bonds. The van der Waals surface area contributed by atoms with E-state index in [1.807, 2.05) is 59.0 Å². The van der Waals surface area contributed by atoms with Gasteiger partial charge in [0.15, 0.2) is 5.82 Å². The SMILES string of the molecule is O=c1c2ccccc2n2c(-c3ccccc3)nnc2n1-c1ccc(Cl)cc1. The van der Waals surface area contributed by atoms with Gasteiger partial charge >= 0.3 is 0 Å². The lowest BCUT2D eigenvalue weighted by molar-refractivity contribution is 0.967. The van der Waals surface area contributed by atoms with Gasteiger partial charge in [-0.1, -0.05) is 54.1 Å². The van der Waals surface area contributed by atoms with Crippen LogP contribution in [0.4, 0.5) is 0 Å². The van der Waals surface area contributed by atoms with E-state index in [4.69, 9.17) is 11.6 Å².